The van der Waals surface area contributed by atoms with Gasteiger partial charge in [-0.1, -0.05) is 84.1 Å². The number of benzene rings is 3. The van der Waals surface area contributed by atoms with Crippen LogP contribution >= 0.6 is 11.8 Å². The molecule has 1 unspecified atom stereocenters. The molecule has 1 aliphatic heterocycles. The molecule has 0 aromatic heterocycles. The van der Waals surface area contributed by atoms with Crippen molar-refractivity contribution in [3.05, 3.63) is 102 Å². The van der Waals surface area contributed by atoms with Crippen molar-refractivity contribution < 1.29 is 21.6 Å². The number of aryl methyl sites for hydroxylation is 1. The molecule has 0 spiro atoms. The summed E-state index contributed by atoms with van der Waals surface area (Å²) >= 11 is -0.0712. The van der Waals surface area contributed by atoms with E-state index >= 15 is 0 Å². The Morgan fingerprint density at radius 2 is 1.59 bits per heavy atom. The molecule has 8 heteroatoms. The van der Waals surface area contributed by atoms with Crippen LogP contribution in [0.5, 0.6) is 0 Å². The van der Waals surface area contributed by atoms with Gasteiger partial charge in [-0.25, -0.2) is 8.42 Å². The van der Waals surface area contributed by atoms with Crippen molar-refractivity contribution in [3.63, 3.8) is 0 Å². The van der Waals surface area contributed by atoms with Crippen molar-refractivity contribution in [3.8, 4) is 0 Å². The monoisotopic (exact) mass is 503 g/mol. The Kier molecular flexibility index (Phi) is 7.09. The first-order valence-corrected chi connectivity index (χ1v) is 13.2. The third kappa shape index (κ3) is 5.50. The molecule has 0 aliphatic carbocycles. The minimum absolute atomic E-state index is 0.0712. The van der Waals surface area contributed by atoms with Crippen LogP contribution in [0.2, 0.25) is 0 Å². The first kappa shape index (κ1) is 24.4. The van der Waals surface area contributed by atoms with Gasteiger partial charge in [-0.15, -0.1) is 0 Å². The third-order valence-electron chi connectivity index (χ3n) is 5.72. The van der Waals surface area contributed by atoms with E-state index in [9.17, 15) is 21.6 Å². The summed E-state index contributed by atoms with van der Waals surface area (Å²) in [6, 6.07) is 23.1. The van der Waals surface area contributed by atoms with E-state index in [4.69, 9.17) is 0 Å². The summed E-state index contributed by atoms with van der Waals surface area (Å²) < 4.78 is 67.8. The molecular weight excluding hydrogens is 479 g/mol. The van der Waals surface area contributed by atoms with E-state index in [1.54, 1.807) is 36.4 Å². The largest absolute Gasteiger partial charge is 0.441 e. The van der Waals surface area contributed by atoms with E-state index in [1.165, 1.54) is 4.31 Å². The van der Waals surface area contributed by atoms with Crippen molar-refractivity contribution in [1.29, 1.82) is 0 Å². The topological polar surface area (TPSA) is 37.4 Å². The number of hydrogen-bond donors (Lipinski definition) is 0. The Morgan fingerprint density at radius 3 is 2.26 bits per heavy atom. The highest BCUT2D eigenvalue weighted by molar-refractivity contribution is 8.00. The molecule has 0 fully saturated rings. The van der Waals surface area contributed by atoms with E-state index in [-0.39, 0.29) is 35.4 Å². The lowest BCUT2D eigenvalue weighted by Gasteiger charge is -2.31. The van der Waals surface area contributed by atoms with Crippen molar-refractivity contribution in [1.82, 2.24) is 0 Å². The number of anilines is 1. The van der Waals surface area contributed by atoms with Crippen LogP contribution in [-0.4, -0.2) is 26.2 Å². The van der Waals surface area contributed by atoms with E-state index in [1.807, 2.05) is 55.5 Å². The molecule has 4 rings (SSSR count). The summed E-state index contributed by atoms with van der Waals surface area (Å²) in [4.78, 5) is 0.153. The number of thioether (sulfide) groups is 1. The quantitative estimate of drug-likeness (QED) is 0.380. The predicted molar refractivity (Wildman–Crippen MR) is 132 cm³/mol. The highest BCUT2D eigenvalue weighted by Crippen LogP contribution is 2.40. The van der Waals surface area contributed by atoms with Gasteiger partial charge in [0.1, 0.15) is 0 Å². The van der Waals surface area contributed by atoms with Crippen LogP contribution in [0.3, 0.4) is 0 Å². The minimum atomic E-state index is -4.35. The van der Waals surface area contributed by atoms with Crippen molar-refractivity contribution >= 4 is 33.0 Å². The maximum atomic E-state index is 13.7. The standard InChI is InChI=1S/C26H24F3NO2S2/c1-19-11-13-22(14-12-19)34(31,32)30-16-15-20(18-33-26(27,28)29)17-24(21-7-3-2-4-8-21)23-9-5-6-10-25(23)30/h2-14,17,20H,15-16,18H2,1H3/b24-17-. The average Bonchev–Trinajstić information content (AvgIpc) is 2.79. The van der Waals surface area contributed by atoms with Crippen LogP contribution in [0, 0.1) is 12.8 Å². The molecule has 1 heterocycles. The Labute approximate surface area is 202 Å². The number of allylic oxidation sites excluding steroid dienone is 1. The normalized spacial score (nSPS) is 18.4. The first-order valence-electron chi connectivity index (χ1n) is 10.8. The fourth-order valence-corrected chi connectivity index (χ4v) is 6.19. The lowest BCUT2D eigenvalue weighted by molar-refractivity contribution is -0.0329. The fraction of sp³-hybridized carbons (Fsp3) is 0.231. The maximum absolute atomic E-state index is 13.7. The number of fused-ring (bicyclic) bond motifs is 1. The molecule has 3 aromatic carbocycles. The molecule has 0 radical (unpaired) electrons. The second-order valence-electron chi connectivity index (χ2n) is 8.16. The van der Waals surface area contributed by atoms with Gasteiger partial charge in [-0.3, -0.25) is 4.31 Å². The van der Waals surface area contributed by atoms with Crippen LogP contribution in [0.25, 0.3) is 5.57 Å². The summed E-state index contributed by atoms with van der Waals surface area (Å²) in [5, 5.41) is 0. The molecule has 34 heavy (non-hydrogen) atoms. The molecule has 0 amide bonds. The molecule has 0 N–H and O–H groups in total. The van der Waals surface area contributed by atoms with E-state index in [0.717, 1.165) is 16.7 Å². The van der Waals surface area contributed by atoms with Gasteiger partial charge in [0, 0.05) is 17.9 Å². The highest BCUT2D eigenvalue weighted by Gasteiger charge is 2.33. The van der Waals surface area contributed by atoms with E-state index < -0.39 is 21.4 Å². The van der Waals surface area contributed by atoms with Crippen LogP contribution in [0.1, 0.15) is 23.1 Å². The Bertz CT molecular complexity index is 1270. The van der Waals surface area contributed by atoms with Gasteiger partial charge in [0.15, 0.2) is 0 Å². The van der Waals surface area contributed by atoms with Crippen LogP contribution in [-0.2, 0) is 10.0 Å². The molecule has 0 saturated carbocycles. The van der Waals surface area contributed by atoms with Crippen LogP contribution < -0.4 is 4.31 Å². The summed E-state index contributed by atoms with van der Waals surface area (Å²) in [5.74, 6) is -0.647. The molecule has 0 bridgehead atoms. The third-order valence-corrected chi connectivity index (χ3v) is 8.47. The number of sulfonamides is 1. The second kappa shape index (κ2) is 9.88. The summed E-state index contributed by atoms with van der Waals surface area (Å²) in [6.07, 6.45) is 2.13. The number of rotatable bonds is 5. The number of hydrogen-bond acceptors (Lipinski definition) is 3. The van der Waals surface area contributed by atoms with Gasteiger partial charge in [0.2, 0.25) is 0 Å². The van der Waals surface area contributed by atoms with Crippen molar-refractivity contribution in [2.24, 2.45) is 5.92 Å². The Hall–Kier alpha value is -2.71. The molecule has 3 aromatic rings. The number of alkyl halides is 3. The fourth-order valence-electron chi connectivity index (χ4n) is 4.02. The predicted octanol–water partition coefficient (Wildman–Crippen LogP) is 6.89. The van der Waals surface area contributed by atoms with Crippen molar-refractivity contribution in [2.75, 3.05) is 16.6 Å². The highest BCUT2D eigenvalue weighted by atomic mass is 32.2. The summed E-state index contributed by atoms with van der Waals surface area (Å²) in [7, 11) is -3.93. The van der Waals surface area contributed by atoms with Crippen molar-refractivity contribution in [2.45, 2.75) is 23.7 Å². The maximum Gasteiger partial charge on any atom is 0.441 e. The molecular formula is C26H24F3NO2S2. The Balaban J connectivity index is 1.85. The first-order chi connectivity index (χ1) is 16.1. The minimum Gasteiger partial charge on any atom is -0.266 e. The lowest BCUT2D eigenvalue weighted by atomic mass is 9.90. The SMILES string of the molecule is Cc1ccc(S(=O)(=O)N2CCC(CSC(F)(F)F)/C=C(/c3ccccc3)c3ccccc32)cc1. The summed E-state index contributed by atoms with van der Waals surface area (Å²) in [5.41, 5.74) is -0.676. The zero-order valence-electron chi connectivity index (χ0n) is 18.5. The van der Waals surface area contributed by atoms with E-state index in [0.29, 0.717) is 11.3 Å². The average molecular weight is 504 g/mol. The number of para-hydroxylation sites is 1. The molecule has 3 nitrogen and oxygen atoms in total. The van der Waals surface area contributed by atoms with Crippen LogP contribution in [0.15, 0.2) is 89.8 Å². The summed E-state index contributed by atoms with van der Waals surface area (Å²) in [6.45, 7) is 1.95. The van der Waals surface area contributed by atoms with Gasteiger partial charge < -0.3 is 0 Å². The van der Waals surface area contributed by atoms with Gasteiger partial charge in [-0.05, 0) is 48.6 Å². The number of halogens is 3. The van der Waals surface area contributed by atoms with Gasteiger partial charge in [0.25, 0.3) is 10.0 Å². The van der Waals surface area contributed by atoms with E-state index in [2.05, 4.69) is 0 Å². The number of nitrogens with zero attached hydrogens (tertiary/aromatic N) is 1. The van der Waals surface area contributed by atoms with Crippen LogP contribution in [0.4, 0.5) is 18.9 Å². The lowest BCUT2D eigenvalue weighted by Crippen LogP contribution is -2.34. The smallest absolute Gasteiger partial charge is 0.266 e. The molecule has 0 saturated heterocycles. The van der Waals surface area contributed by atoms with Gasteiger partial charge in [0.05, 0.1) is 10.6 Å². The van der Waals surface area contributed by atoms with Gasteiger partial charge in [-0.2, -0.15) is 13.2 Å². The zero-order chi connectivity index (χ0) is 24.3. The second-order valence-corrected chi connectivity index (χ2v) is 11.1. The zero-order valence-corrected chi connectivity index (χ0v) is 20.1. The molecule has 1 atom stereocenters. The Morgan fingerprint density at radius 1 is 0.941 bits per heavy atom. The molecule has 178 valence electrons. The molecule has 1 aliphatic rings. The van der Waals surface area contributed by atoms with Gasteiger partial charge >= 0.3 is 5.51 Å².